The van der Waals surface area contributed by atoms with Gasteiger partial charge in [-0.2, -0.15) is 0 Å². The number of halogens is 1. The maximum atomic E-state index is 12.3. The Morgan fingerprint density at radius 2 is 2.10 bits per heavy atom. The van der Waals surface area contributed by atoms with Crippen LogP contribution in [0.2, 0.25) is 5.02 Å². The average molecular weight is 335 g/mol. The molecule has 0 spiro atoms. The highest BCUT2D eigenvalue weighted by molar-refractivity contribution is 7.89. The van der Waals surface area contributed by atoms with Gasteiger partial charge in [-0.1, -0.05) is 25.4 Å². The van der Waals surface area contributed by atoms with Gasteiger partial charge in [-0.15, -0.1) is 0 Å². The van der Waals surface area contributed by atoms with E-state index < -0.39 is 10.0 Å². The molecule has 120 valence electrons. The highest BCUT2D eigenvalue weighted by Crippen LogP contribution is 2.20. The molecule has 0 amide bonds. The van der Waals surface area contributed by atoms with E-state index in [9.17, 15) is 8.42 Å². The minimum absolute atomic E-state index is 0.110. The maximum absolute atomic E-state index is 12.3. The number of rotatable bonds is 9. The van der Waals surface area contributed by atoms with Crippen LogP contribution in [0.15, 0.2) is 23.1 Å². The third-order valence-corrected chi connectivity index (χ3v) is 4.76. The van der Waals surface area contributed by atoms with E-state index in [1.807, 2.05) is 13.8 Å². The van der Waals surface area contributed by atoms with Crippen LogP contribution in [0.4, 0.5) is 0 Å². The topological polar surface area (TPSA) is 67.4 Å². The zero-order valence-electron chi connectivity index (χ0n) is 12.6. The van der Waals surface area contributed by atoms with Crippen LogP contribution in [-0.4, -0.2) is 35.2 Å². The number of sulfonamides is 1. The molecule has 0 radical (unpaired) electrons. The summed E-state index contributed by atoms with van der Waals surface area (Å²) in [6, 6.07) is 4.73. The van der Waals surface area contributed by atoms with Crippen LogP contribution in [0, 0.1) is 5.92 Å². The number of hydrogen-bond donors (Lipinski definition) is 2. The van der Waals surface area contributed by atoms with Crippen LogP contribution in [0.5, 0.6) is 0 Å². The van der Waals surface area contributed by atoms with Gasteiger partial charge < -0.3 is 10.1 Å². The fourth-order valence-corrected chi connectivity index (χ4v) is 3.19. The van der Waals surface area contributed by atoms with E-state index in [1.165, 1.54) is 6.07 Å². The van der Waals surface area contributed by atoms with Crippen molar-refractivity contribution < 1.29 is 13.2 Å². The Morgan fingerprint density at radius 1 is 1.38 bits per heavy atom. The molecule has 7 heteroatoms. The van der Waals surface area contributed by atoms with Gasteiger partial charge in [0.25, 0.3) is 0 Å². The van der Waals surface area contributed by atoms with E-state index in [1.54, 1.807) is 19.2 Å². The molecular formula is C14H23ClN2O3S. The Bertz CT molecular complexity index is 549. The standard InChI is InChI=1S/C14H23ClN2O3S/c1-4-16-9-12-7-13(5-6-14(12)15)21(18,19)17-8-11(2)10-20-3/h5-7,11,16-17H,4,8-10H2,1-3H3. The molecule has 0 aliphatic carbocycles. The molecule has 1 rings (SSSR count). The van der Waals surface area contributed by atoms with E-state index in [0.717, 1.165) is 12.1 Å². The Morgan fingerprint density at radius 3 is 2.71 bits per heavy atom. The lowest BCUT2D eigenvalue weighted by atomic mass is 10.2. The van der Waals surface area contributed by atoms with Crippen molar-refractivity contribution in [1.82, 2.24) is 10.0 Å². The molecule has 1 aromatic carbocycles. The van der Waals surface area contributed by atoms with Crippen LogP contribution in [0.25, 0.3) is 0 Å². The summed E-state index contributed by atoms with van der Waals surface area (Å²) in [6.07, 6.45) is 0. The second-order valence-electron chi connectivity index (χ2n) is 4.95. The fourth-order valence-electron chi connectivity index (χ4n) is 1.79. The SMILES string of the molecule is CCNCc1cc(S(=O)(=O)NCC(C)COC)ccc1Cl. The van der Waals surface area contributed by atoms with E-state index in [2.05, 4.69) is 10.0 Å². The van der Waals surface area contributed by atoms with Crippen molar-refractivity contribution in [3.8, 4) is 0 Å². The summed E-state index contributed by atoms with van der Waals surface area (Å²) in [4.78, 5) is 0.226. The molecule has 5 nitrogen and oxygen atoms in total. The normalized spacial score (nSPS) is 13.3. The van der Waals surface area contributed by atoms with Crippen molar-refractivity contribution in [2.45, 2.75) is 25.3 Å². The monoisotopic (exact) mass is 334 g/mol. The van der Waals surface area contributed by atoms with E-state index in [0.29, 0.717) is 24.7 Å². The quantitative estimate of drug-likeness (QED) is 0.725. The van der Waals surface area contributed by atoms with Gasteiger partial charge in [0, 0.05) is 31.8 Å². The second-order valence-corrected chi connectivity index (χ2v) is 7.12. The molecule has 1 atom stereocenters. The highest BCUT2D eigenvalue weighted by atomic mass is 35.5. The van der Waals surface area contributed by atoms with Crippen molar-refractivity contribution in [1.29, 1.82) is 0 Å². The number of methoxy groups -OCH3 is 1. The van der Waals surface area contributed by atoms with Crippen molar-refractivity contribution in [2.75, 3.05) is 26.8 Å². The lowest BCUT2D eigenvalue weighted by Gasteiger charge is -2.13. The van der Waals surface area contributed by atoms with Gasteiger partial charge >= 0.3 is 0 Å². The van der Waals surface area contributed by atoms with E-state index in [4.69, 9.17) is 16.3 Å². The first kappa shape index (κ1) is 18.4. The molecule has 0 bridgehead atoms. The smallest absolute Gasteiger partial charge is 0.240 e. The van der Waals surface area contributed by atoms with Gasteiger partial charge in [-0.3, -0.25) is 0 Å². The molecule has 1 unspecified atom stereocenters. The average Bonchev–Trinajstić information content (AvgIpc) is 2.44. The Labute approximate surface area is 132 Å². The summed E-state index contributed by atoms with van der Waals surface area (Å²) < 4.78 is 32.1. The molecule has 0 aliphatic heterocycles. The minimum atomic E-state index is -3.53. The van der Waals surface area contributed by atoms with Gasteiger partial charge in [0.1, 0.15) is 0 Å². The first-order valence-corrected chi connectivity index (χ1v) is 8.74. The maximum Gasteiger partial charge on any atom is 0.240 e. The van der Waals surface area contributed by atoms with Crippen LogP contribution < -0.4 is 10.0 Å². The molecule has 0 aliphatic rings. The highest BCUT2D eigenvalue weighted by Gasteiger charge is 2.16. The van der Waals surface area contributed by atoms with Gasteiger partial charge in [0.15, 0.2) is 0 Å². The number of ether oxygens (including phenoxy) is 1. The number of nitrogens with one attached hydrogen (secondary N) is 2. The van der Waals surface area contributed by atoms with Crippen LogP contribution in [0.1, 0.15) is 19.4 Å². The fraction of sp³-hybridized carbons (Fsp3) is 0.571. The van der Waals surface area contributed by atoms with Crippen molar-refractivity contribution in [3.63, 3.8) is 0 Å². The molecule has 21 heavy (non-hydrogen) atoms. The van der Waals surface area contributed by atoms with Gasteiger partial charge in [-0.25, -0.2) is 13.1 Å². The molecule has 0 fully saturated rings. The first-order valence-electron chi connectivity index (χ1n) is 6.88. The van der Waals surface area contributed by atoms with E-state index >= 15 is 0 Å². The molecule has 2 N–H and O–H groups in total. The van der Waals surface area contributed by atoms with Crippen LogP contribution >= 0.6 is 11.6 Å². The molecule has 0 heterocycles. The third kappa shape index (κ3) is 5.92. The van der Waals surface area contributed by atoms with Gasteiger partial charge in [0.05, 0.1) is 4.90 Å². The predicted molar refractivity (Wildman–Crippen MR) is 85.1 cm³/mol. The molecule has 0 saturated heterocycles. The summed E-state index contributed by atoms with van der Waals surface area (Å²) in [5.41, 5.74) is 0.770. The summed E-state index contributed by atoms with van der Waals surface area (Å²) in [5.74, 6) is 0.110. The lowest BCUT2D eigenvalue weighted by Crippen LogP contribution is -2.30. The summed E-state index contributed by atoms with van der Waals surface area (Å²) in [5, 5.41) is 3.69. The predicted octanol–water partition coefficient (Wildman–Crippen LogP) is 2.01. The van der Waals surface area contributed by atoms with Gasteiger partial charge in [-0.05, 0) is 36.2 Å². The largest absolute Gasteiger partial charge is 0.384 e. The molecule has 0 saturated carbocycles. The number of benzene rings is 1. The first-order chi connectivity index (χ1) is 9.90. The van der Waals surface area contributed by atoms with Crippen LogP contribution in [-0.2, 0) is 21.3 Å². The van der Waals surface area contributed by atoms with E-state index in [-0.39, 0.29) is 10.8 Å². The lowest BCUT2D eigenvalue weighted by molar-refractivity contribution is 0.161. The zero-order valence-corrected chi connectivity index (χ0v) is 14.2. The number of hydrogen-bond acceptors (Lipinski definition) is 4. The summed E-state index contributed by atoms with van der Waals surface area (Å²) >= 11 is 6.08. The Balaban J connectivity index is 2.83. The Hall–Kier alpha value is -0.660. The minimum Gasteiger partial charge on any atom is -0.384 e. The summed E-state index contributed by atoms with van der Waals surface area (Å²) in [6.45, 7) is 6.08. The van der Waals surface area contributed by atoms with Crippen LogP contribution in [0.3, 0.4) is 0 Å². The van der Waals surface area contributed by atoms with Crippen molar-refractivity contribution in [2.24, 2.45) is 5.92 Å². The third-order valence-electron chi connectivity index (χ3n) is 2.97. The van der Waals surface area contributed by atoms with Gasteiger partial charge in [0.2, 0.25) is 10.0 Å². The van der Waals surface area contributed by atoms with Crippen molar-refractivity contribution >= 4 is 21.6 Å². The van der Waals surface area contributed by atoms with Crippen molar-refractivity contribution in [3.05, 3.63) is 28.8 Å². The zero-order chi connectivity index (χ0) is 15.9. The Kier molecular flexibility index (Phi) is 7.62. The molecular weight excluding hydrogens is 312 g/mol. The molecule has 1 aromatic rings. The molecule has 0 aromatic heterocycles. The second kappa shape index (κ2) is 8.70. The summed E-state index contributed by atoms with van der Waals surface area (Å²) in [7, 11) is -1.94.